The Morgan fingerprint density at radius 2 is 1.87 bits per heavy atom. The van der Waals surface area contributed by atoms with Gasteiger partial charge in [0.1, 0.15) is 0 Å². The standard InChI is InChI=1S/C18H23NO4/c1-19-7-6-10-4-5-13-16(17(10)19)11-8-14(21-2)15(22-3)9-12(11)18(20)23-13/h4,8-9,13,16-18,20H,5-7H2,1-3H3/t13?,16?,17-,18?/m1/s1. The van der Waals surface area contributed by atoms with Crippen LogP contribution in [0.4, 0.5) is 0 Å². The Labute approximate surface area is 136 Å². The molecule has 3 aliphatic rings. The van der Waals surface area contributed by atoms with Gasteiger partial charge in [0.25, 0.3) is 0 Å². The Morgan fingerprint density at radius 3 is 2.57 bits per heavy atom. The second-order valence-electron chi connectivity index (χ2n) is 6.58. The Hall–Kier alpha value is -1.56. The molecule has 5 nitrogen and oxygen atoms in total. The summed E-state index contributed by atoms with van der Waals surface area (Å²) in [6.45, 7) is 1.07. The van der Waals surface area contributed by atoms with Crippen LogP contribution in [0.1, 0.15) is 36.2 Å². The lowest BCUT2D eigenvalue weighted by atomic mass is 9.74. The summed E-state index contributed by atoms with van der Waals surface area (Å²) in [7, 11) is 5.42. The Bertz CT molecular complexity index is 657. The maximum Gasteiger partial charge on any atom is 0.181 e. The first kappa shape index (κ1) is 15.0. The zero-order chi connectivity index (χ0) is 16.1. The van der Waals surface area contributed by atoms with Gasteiger partial charge in [-0.25, -0.2) is 0 Å². The van der Waals surface area contributed by atoms with Gasteiger partial charge >= 0.3 is 0 Å². The van der Waals surface area contributed by atoms with Crippen molar-refractivity contribution in [1.29, 1.82) is 0 Å². The molecule has 0 bridgehead atoms. The summed E-state index contributed by atoms with van der Waals surface area (Å²) >= 11 is 0. The summed E-state index contributed by atoms with van der Waals surface area (Å²) in [5, 5.41) is 10.4. The van der Waals surface area contributed by atoms with Crippen molar-refractivity contribution >= 4 is 0 Å². The van der Waals surface area contributed by atoms with Crippen molar-refractivity contribution in [2.24, 2.45) is 0 Å². The van der Waals surface area contributed by atoms with Gasteiger partial charge in [-0.05, 0) is 37.6 Å². The van der Waals surface area contributed by atoms with E-state index in [-0.39, 0.29) is 12.0 Å². The predicted molar refractivity (Wildman–Crippen MR) is 85.9 cm³/mol. The minimum absolute atomic E-state index is 0.00454. The van der Waals surface area contributed by atoms with E-state index in [1.54, 1.807) is 14.2 Å². The number of likely N-dealkylation sites (tertiary alicyclic amines) is 1. The van der Waals surface area contributed by atoms with Gasteiger partial charge in [0.15, 0.2) is 17.8 Å². The van der Waals surface area contributed by atoms with Gasteiger partial charge in [-0.2, -0.15) is 0 Å². The van der Waals surface area contributed by atoms with E-state index in [0.717, 1.165) is 30.5 Å². The number of aliphatic hydroxyl groups excluding tert-OH is 1. The molecule has 0 amide bonds. The Morgan fingerprint density at radius 1 is 1.17 bits per heavy atom. The highest BCUT2D eigenvalue weighted by atomic mass is 16.6. The first-order valence-electron chi connectivity index (χ1n) is 8.12. The van der Waals surface area contributed by atoms with E-state index in [0.29, 0.717) is 17.5 Å². The third-order valence-corrected chi connectivity index (χ3v) is 5.48. The number of rotatable bonds is 2. The van der Waals surface area contributed by atoms with Crippen LogP contribution in [0.15, 0.2) is 23.8 Å². The lowest BCUT2D eigenvalue weighted by molar-refractivity contribution is -0.162. The number of ether oxygens (including phenoxy) is 3. The number of aliphatic hydroxyl groups is 1. The quantitative estimate of drug-likeness (QED) is 0.848. The molecule has 4 atom stereocenters. The number of nitrogens with zero attached hydrogens (tertiary/aromatic N) is 1. The Balaban J connectivity index is 1.86. The van der Waals surface area contributed by atoms with Crippen LogP contribution in [0.3, 0.4) is 0 Å². The molecule has 0 aromatic heterocycles. The maximum absolute atomic E-state index is 10.4. The second-order valence-corrected chi connectivity index (χ2v) is 6.58. The molecular formula is C18H23NO4. The molecule has 0 spiro atoms. The lowest BCUT2D eigenvalue weighted by Gasteiger charge is -2.44. The number of hydrogen-bond acceptors (Lipinski definition) is 5. The van der Waals surface area contributed by atoms with Crippen molar-refractivity contribution in [3.05, 3.63) is 34.9 Å². The zero-order valence-corrected chi connectivity index (χ0v) is 13.8. The fraction of sp³-hybridized carbons (Fsp3) is 0.556. The molecule has 1 aromatic rings. The zero-order valence-electron chi connectivity index (χ0n) is 13.8. The SMILES string of the molecule is COc1cc2c(cc1OC)C1C(CC=C3CCN(C)[C@H]31)OC2O. The fourth-order valence-electron chi connectivity index (χ4n) is 4.38. The minimum Gasteiger partial charge on any atom is -0.493 e. The molecule has 23 heavy (non-hydrogen) atoms. The highest BCUT2D eigenvalue weighted by Crippen LogP contribution is 2.50. The van der Waals surface area contributed by atoms with Crippen molar-refractivity contribution in [3.63, 3.8) is 0 Å². The third-order valence-electron chi connectivity index (χ3n) is 5.48. The average molecular weight is 317 g/mol. The highest BCUT2D eigenvalue weighted by Gasteiger charge is 2.46. The largest absolute Gasteiger partial charge is 0.493 e. The number of methoxy groups -OCH3 is 2. The van der Waals surface area contributed by atoms with E-state index in [1.165, 1.54) is 5.57 Å². The molecule has 2 aliphatic heterocycles. The molecule has 2 heterocycles. The minimum atomic E-state index is -0.910. The van der Waals surface area contributed by atoms with Crippen LogP contribution in [0.25, 0.3) is 0 Å². The summed E-state index contributed by atoms with van der Waals surface area (Å²) < 4.78 is 16.8. The van der Waals surface area contributed by atoms with Gasteiger partial charge < -0.3 is 19.3 Å². The van der Waals surface area contributed by atoms with E-state index in [1.807, 2.05) is 12.1 Å². The molecule has 1 aromatic carbocycles. The molecule has 0 saturated carbocycles. The summed E-state index contributed by atoms with van der Waals surface area (Å²) in [5.74, 6) is 1.55. The van der Waals surface area contributed by atoms with Crippen LogP contribution in [-0.2, 0) is 4.74 Å². The molecule has 4 rings (SSSR count). The van der Waals surface area contributed by atoms with Gasteiger partial charge in [-0.1, -0.05) is 11.6 Å². The highest BCUT2D eigenvalue weighted by molar-refractivity contribution is 5.52. The average Bonchev–Trinajstić information content (AvgIpc) is 2.95. The van der Waals surface area contributed by atoms with Gasteiger partial charge in [0, 0.05) is 24.1 Å². The molecule has 0 radical (unpaired) electrons. The van der Waals surface area contributed by atoms with Gasteiger partial charge in [-0.3, -0.25) is 4.90 Å². The second kappa shape index (κ2) is 5.51. The molecule has 1 N–H and O–H groups in total. The smallest absolute Gasteiger partial charge is 0.181 e. The van der Waals surface area contributed by atoms with Crippen molar-refractivity contribution in [2.75, 3.05) is 27.8 Å². The molecule has 1 saturated heterocycles. The van der Waals surface area contributed by atoms with Gasteiger partial charge in [-0.15, -0.1) is 0 Å². The molecule has 1 aliphatic carbocycles. The van der Waals surface area contributed by atoms with Crippen molar-refractivity contribution in [1.82, 2.24) is 4.90 Å². The van der Waals surface area contributed by atoms with Crippen LogP contribution in [0.5, 0.6) is 11.5 Å². The van der Waals surface area contributed by atoms with Crippen molar-refractivity contribution in [2.45, 2.75) is 37.2 Å². The Kier molecular flexibility index (Phi) is 3.59. The van der Waals surface area contributed by atoms with Crippen LogP contribution in [-0.4, -0.2) is 50.0 Å². The van der Waals surface area contributed by atoms with Gasteiger partial charge in [0.05, 0.1) is 20.3 Å². The summed E-state index contributed by atoms with van der Waals surface area (Å²) in [5.41, 5.74) is 3.41. The van der Waals surface area contributed by atoms with E-state index in [9.17, 15) is 5.11 Å². The third kappa shape index (κ3) is 2.18. The monoisotopic (exact) mass is 317 g/mol. The first-order chi connectivity index (χ1) is 11.1. The summed E-state index contributed by atoms with van der Waals surface area (Å²) in [6.07, 6.45) is 3.37. The number of hydrogen-bond donors (Lipinski definition) is 1. The van der Waals surface area contributed by atoms with E-state index < -0.39 is 6.29 Å². The summed E-state index contributed by atoms with van der Waals surface area (Å²) in [6, 6.07) is 4.22. The molecule has 3 unspecified atom stereocenters. The fourth-order valence-corrected chi connectivity index (χ4v) is 4.38. The first-order valence-corrected chi connectivity index (χ1v) is 8.12. The van der Waals surface area contributed by atoms with Gasteiger partial charge in [0.2, 0.25) is 0 Å². The van der Waals surface area contributed by atoms with Crippen LogP contribution >= 0.6 is 0 Å². The molecular weight excluding hydrogens is 294 g/mol. The van der Waals surface area contributed by atoms with Crippen molar-refractivity contribution in [3.8, 4) is 11.5 Å². The molecule has 1 fully saturated rings. The van der Waals surface area contributed by atoms with Crippen LogP contribution in [0, 0.1) is 0 Å². The predicted octanol–water partition coefficient (Wildman–Crippen LogP) is 2.21. The van der Waals surface area contributed by atoms with E-state index in [4.69, 9.17) is 14.2 Å². The van der Waals surface area contributed by atoms with Crippen LogP contribution < -0.4 is 9.47 Å². The molecule has 124 valence electrons. The topological polar surface area (TPSA) is 51.2 Å². The van der Waals surface area contributed by atoms with E-state index >= 15 is 0 Å². The maximum atomic E-state index is 10.4. The van der Waals surface area contributed by atoms with E-state index in [2.05, 4.69) is 18.0 Å². The van der Waals surface area contributed by atoms with Crippen molar-refractivity contribution < 1.29 is 19.3 Å². The summed E-state index contributed by atoms with van der Waals surface area (Å²) in [4.78, 5) is 2.39. The number of benzene rings is 1. The normalized spacial score (nSPS) is 32.6. The molecule has 5 heteroatoms. The number of fused-ring (bicyclic) bond motifs is 5. The number of likely N-dealkylation sites (N-methyl/N-ethyl adjacent to an activating group) is 1. The lowest BCUT2D eigenvalue weighted by Crippen LogP contribution is -2.44. The van der Waals surface area contributed by atoms with Crippen LogP contribution in [0.2, 0.25) is 0 Å².